The molecule has 4 N–H and O–H groups in total. The van der Waals surface area contributed by atoms with Gasteiger partial charge in [-0.15, -0.1) is 0 Å². The highest BCUT2D eigenvalue weighted by atomic mass is 15.1. The van der Waals surface area contributed by atoms with Crippen LogP contribution >= 0.6 is 0 Å². The zero-order valence-electron chi connectivity index (χ0n) is 20.0. The molecule has 0 atom stereocenters. The third kappa shape index (κ3) is 3.84. The molecule has 0 unspecified atom stereocenters. The molecule has 6 rings (SSSR count). The Bertz CT molecular complexity index is 1510. The van der Waals surface area contributed by atoms with E-state index < -0.39 is 0 Å². The van der Waals surface area contributed by atoms with E-state index in [0.717, 1.165) is 76.5 Å². The molecule has 0 amide bonds. The topological polar surface area (TPSA) is 95.6 Å². The number of anilines is 1. The van der Waals surface area contributed by atoms with E-state index in [0.29, 0.717) is 17.8 Å². The molecule has 1 aliphatic carbocycles. The van der Waals surface area contributed by atoms with Gasteiger partial charge in [-0.05, 0) is 68.3 Å². The van der Waals surface area contributed by atoms with Gasteiger partial charge in [-0.1, -0.05) is 42.5 Å². The minimum atomic E-state index is 0.397. The number of nitrogen functional groups attached to an aromatic ring is 1. The van der Waals surface area contributed by atoms with Crippen molar-refractivity contribution in [3.8, 4) is 22.4 Å². The van der Waals surface area contributed by atoms with E-state index in [1.165, 1.54) is 5.56 Å². The maximum absolute atomic E-state index is 6.42. The molecule has 6 heteroatoms. The SMILES string of the molecule is Cc1cc(-c2ccccc2)nc2cc(-c3cn(C4CCC(CN)CC4)c4ncnc(N)c34)ccc12. The minimum Gasteiger partial charge on any atom is -0.383 e. The maximum atomic E-state index is 6.42. The fourth-order valence-corrected chi connectivity index (χ4v) is 5.59. The van der Waals surface area contributed by atoms with Crippen molar-refractivity contribution in [1.82, 2.24) is 19.5 Å². The molecular weight excluding hydrogens is 432 g/mol. The number of aromatic nitrogens is 4. The highest BCUT2D eigenvalue weighted by molar-refractivity contribution is 6.02. The Kier molecular flexibility index (Phi) is 5.46. The average molecular weight is 463 g/mol. The van der Waals surface area contributed by atoms with Gasteiger partial charge in [-0.3, -0.25) is 0 Å². The van der Waals surface area contributed by atoms with Gasteiger partial charge in [0, 0.05) is 28.8 Å². The summed E-state index contributed by atoms with van der Waals surface area (Å²) in [6.07, 6.45) is 8.30. The van der Waals surface area contributed by atoms with Gasteiger partial charge < -0.3 is 16.0 Å². The van der Waals surface area contributed by atoms with Crippen molar-refractivity contribution in [1.29, 1.82) is 0 Å². The van der Waals surface area contributed by atoms with E-state index in [1.807, 2.05) is 18.2 Å². The second kappa shape index (κ2) is 8.78. The van der Waals surface area contributed by atoms with Gasteiger partial charge in [0.1, 0.15) is 17.8 Å². The zero-order chi connectivity index (χ0) is 23.9. The third-order valence-corrected chi connectivity index (χ3v) is 7.58. The van der Waals surface area contributed by atoms with E-state index in [4.69, 9.17) is 16.5 Å². The number of benzene rings is 2. The highest BCUT2D eigenvalue weighted by Gasteiger charge is 2.25. The van der Waals surface area contributed by atoms with E-state index in [9.17, 15) is 0 Å². The van der Waals surface area contributed by atoms with Gasteiger partial charge in [0.2, 0.25) is 0 Å². The van der Waals surface area contributed by atoms with Crippen molar-refractivity contribution in [2.45, 2.75) is 38.6 Å². The molecule has 0 bridgehead atoms. The fourth-order valence-electron chi connectivity index (χ4n) is 5.59. The largest absolute Gasteiger partial charge is 0.383 e. The lowest BCUT2D eigenvalue weighted by Gasteiger charge is -2.29. The molecule has 0 aliphatic heterocycles. The monoisotopic (exact) mass is 462 g/mol. The lowest BCUT2D eigenvalue weighted by Crippen LogP contribution is -2.23. The van der Waals surface area contributed by atoms with Crippen molar-refractivity contribution in [2.24, 2.45) is 11.7 Å². The molecule has 1 aliphatic rings. The first kappa shape index (κ1) is 21.7. The Balaban J connectivity index is 1.48. The summed E-state index contributed by atoms with van der Waals surface area (Å²) in [6, 6.07) is 19.4. The molecular formula is C29H30N6. The van der Waals surface area contributed by atoms with Gasteiger partial charge in [0.15, 0.2) is 0 Å². The molecule has 2 aromatic carbocycles. The quantitative estimate of drug-likeness (QED) is 0.347. The number of aryl methyl sites for hydroxylation is 1. The number of nitrogens with zero attached hydrogens (tertiary/aromatic N) is 4. The first-order chi connectivity index (χ1) is 17.1. The van der Waals surface area contributed by atoms with Crippen LogP contribution in [0.3, 0.4) is 0 Å². The Hall–Kier alpha value is -3.77. The third-order valence-electron chi connectivity index (χ3n) is 7.58. The first-order valence-corrected chi connectivity index (χ1v) is 12.4. The summed E-state index contributed by atoms with van der Waals surface area (Å²) in [5.74, 6) is 1.14. The standard InChI is InChI=1S/C29H30N6/c1-18-13-25(20-5-3-2-4-6-20)34-26-14-21(9-12-23(18)26)24-16-35(22-10-7-19(15-30)8-11-22)29-27(24)28(31)32-17-33-29/h2-6,9,12-14,16-17,19,22H,7-8,10-11,15,30H2,1H3,(H2,31,32,33). The second-order valence-corrected chi connectivity index (χ2v) is 9.74. The summed E-state index contributed by atoms with van der Waals surface area (Å²) in [5, 5.41) is 2.07. The van der Waals surface area contributed by atoms with E-state index in [1.54, 1.807) is 6.33 Å². The van der Waals surface area contributed by atoms with Crippen molar-refractivity contribution in [2.75, 3.05) is 12.3 Å². The van der Waals surface area contributed by atoms with Crippen LogP contribution < -0.4 is 11.5 Å². The van der Waals surface area contributed by atoms with Crippen LogP contribution in [-0.4, -0.2) is 26.1 Å². The number of rotatable bonds is 4. The normalized spacial score (nSPS) is 18.3. The van der Waals surface area contributed by atoms with Crippen LogP contribution in [0, 0.1) is 12.8 Å². The molecule has 176 valence electrons. The van der Waals surface area contributed by atoms with Crippen molar-refractivity contribution in [3.63, 3.8) is 0 Å². The van der Waals surface area contributed by atoms with Crippen LogP contribution in [0.4, 0.5) is 5.82 Å². The lowest BCUT2D eigenvalue weighted by molar-refractivity contribution is 0.283. The van der Waals surface area contributed by atoms with Gasteiger partial charge in [0.25, 0.3) is 0 Å². The summed E-state index contributed by atoms with van der Waals surface area (Å²) in [4.78, 5) is 14.0. The summed E-state index contributed by atoms with van der Waals surface area (Å²) in [7, 11) is 0. The lowest BCUT2D eigenvalue weighted by atomic mass is 9.86. The van der Waals surface area contributed by atoms with Crippen molar-refractivity contribution >= 4 is 27.8 Å². The molecule has 3 heterocycles. The van der Waals surface area contributed by atoms with E-state index >= 15 is 0 Å². The number of hydrogen-bond acceptors (Lipinski definition) is 5. The van der Waals surface area contributed by atoms with Gasteiger partial charge >= 0.3 is 0 Å². The van der Waals surface area contributed by atoms with Crippen LogP contribution in [0.5, 0.6) is 0 Å². The molecule has 0 radical (unpaired) electrons. The van der Waals surface area contributed by atoms with Gasteiger partial charge in [-0.25, -0.2) is 15.0 Å². The van der Waals surface area contributed by atoms with Crippen LogP contribution in [0.1, 0.15) is 37.3 Å². The van der Waals surface area contributed by atoms with Crippen LogP contribution in [0.25, 0.3) is 44.3 Å². The molecule has 6 nitrogen and oxygen atoms in total. The molecule has 0 spiro atoms. The van der Waals surface area contributed by atoms with Crippen molar-refractivity contribution in [3.05, 3.63) is 72.7 Å². The van der Waals surface area contributed by atoms with E-state index in [-0.39, 0.29) is 0 Å². The predicted molar refractivity (Wildman–Crippen MR) is 143 cm³/mol. The molecule has 3 aromatic heterocycles. The zero-order valence-corrected chi connectivity index (χ0v) is 20.0. The van der Waals surface area contributed by atoms with Gasteiger partial charge in [-0.2, -0.15) is 0 Å². The van der Waals surface area contributed by atoms with Crippen LogP contribution in [-0.2, 0) is 0 Å². The molecule has 5 aromatic rings. The number of fused-ring (bicyclic) bond motifs is 2. The number of hydrogen-bond donors (Lipinski definition) is 2. The molecule has 1 fully saturated rings. The Labute approximate surface area is 205 Å². The van der Waals surface area contributed by atoms with Gasteiger partial charge in [0.05, 0.1) is 16.6 Å². The minimum absolute atomic E-state index is 0.397. The smallest absolute Gasteiger partial charge is 0.146 e. The summed E-state index contributed by atoms with van der Waals surface area (Å²) in [6.45, 7) is 2.92. The van der Waals surface area contributed by atoms with Crippen LogP contribution in [0.15, 0.2) is 67.1 Å². The Morgan fingerprint density at radius 1 is 0.943 bits per heavy atom. The fraction of sp³-hybridized carbons (Fsp3) is 0.276. The molecule has 0 saturated heterocycles. The Morgan fingerprint density at radius 3 is 2.51 bits per heavy atom. The van der Waals surface area contributed by atoms with E-state index in [2.05, 4.69) is 64.1 Å². The summed E-state index contributed by atoms with van der Waals surface area (Å²) < 4.78 is 2.32. The Morgan fingerprint density at radius 2 is 1.74 bits per heavy atom. The maximum Gasteiger partial charge on any atom is 0.146 e. The summed E-state index contributed by atoms with van der Waals surface area (Å²) >= 11 is 0. The second-order valence-electron chi connectivity index (χ2n) is 9.74. The molecule has 1 saturated carbocycles. The number of pyridine rings is 1. The van der Waals surface area contributed by atoms with Crippen LogP contribution in [0.2, 0.25) is 0 Å². The van der Waals surface area contributed by atoms with Crippen molar-refractivity contribution < 1.29 is 0 Å². The predicted octanol–water partition coefficient (Wildman–Crippen LogP) is 5.89. The number of nitrogens with two attached hydrogens (primary N) is 2. The first-order valence-electron chi connectivity index (χ1n) is 12.4. The average Bonchev–Trinajstić information content (AvgIpc) is 3.30. The summed E-state index contributed by atoms with van der Waals surface area (Å²) in [5.41, 5.74) is 19.7. The highest BCUT2D eigenvalue weighted by Crippen LogP contribution is 2.40. The molecule has 35 heavy (non-hydrogen) atoms.